The van der Waals surface area contributed by atoms with Crippen molar-refractivity contribution in [2.75, 3.05) is 0 Å². The highest BCUT2D eigenvalue weighted by molar-refractivity contribution is 5.02. The molecule has 0 aromatic rings. The second-order valence-electron chi connectivity index (χ2n) is 1.95. The van der Waals surface area contributed by atoms with Crippen LogP contribution in [0.4, 0.5) is 13.2 Å². The van der Waals surface area contributed by atoms with Crippen LogP contribution in [0.2, 0.25) is 0 Å². The van der Waals surface area contributed by atoms with E-state index in [2.05, 4.69) is 5.73 Å². The summed E-state index contributed by atoms with van der Waals surface area (Å²) in [6, 6.07) is 0. The van der Waals surface area contributed by atoms with Crippen molar-refractivity contribution in [3.63, 3.8) is 0 Å². The molecule has 0 rings (SSSR count). The molecular weight excluding hydrogens is 143 g/mol. The van der Waals surface area contributed by atoms with Gasteiger partial charge in [-0.05, 0) is 6.42 Å². The van der Waals surface area contributed by atoms with Crippen LogP contribution in [-0.4, -0.2) is 6.18 Å². The van der Waals surface area contributed by atoms with E-state index < -0.39 is 11.9 Å². The van der Waals surface area contributed by atoms with Crippen LogP contribution in [0.3, 0.4) is 0 Å². The van der Waals surface area contributed by atoms with Gasteiger partial charge in [0, 0.05) is 0 Å². The van der Waals surface area contributed by atoms with E-state index in [4.69, 9.17) is 0 Å². The fourth-order valence-electron chi connectivity index (χ4n) is 0.416. The van der Waals surface area contributed by atoms with Crippen LogP contribution in [0, 0.1) is 0 Å². The van der Waals surface area contributed by atoms with Crippen molar-refractivity contribution in [1.82, 2.24) is 0 Å². The number of hydrogen-bond acceptors (Lipinski definition) is 1. The number of halogens is 3. The molecule has 1 nitrogen and oxygen atoms in total. The van der Waals surface area contributed by atoms with Crippen LogP contribution in [0.5, 0.6) is 0 Å². The summed E-state index contributed by atoms with van der Waals surface area (Å²) in [5.41, 5.74) is 3.68. The molecule has 0 unspecified atom stereocenters. The van der Waals surface area contributed by atoms with Crippen molar-refractivity contribution >= 4 is 0 Å². The third-order valence-electron chi connectivity index (χ3n) is 0.980. The number of allylic oxidation sites excluding steroid dienone is 2. The molecule has 2 N–H and O–H groups in total. The van der Waals surface area contributed by atoms with E-state index in [9.17, 15) is 13.2 Å². The quantitative estimate of drug-likeness (QED) is 0.646. The minimum absolute atomic E-state index is 0.380. The van der Waals surface area contributed by atoms with Gasteiger partial charge in [-0.25, -0.2) is 0 Å². The van der Waals surface area contributed by atoms with Crippen molar-refractivity contribution in [1.29, 1.82) is 0 Å². The molecule has 0 heterocycles. The zero-order valence-corrected chi connectivity index (χ0v) is 5.70. The summed E-state index contributed by atoms with van der Waals surface area (Å²) in [6.45, 7) is 1.79. The highest BCUT2D eigenvalue weighted by Gasteiger charge is 2.30. The molecule has 0 atom stereocenters. The molecule has 0 aromatic carbocycles. The Bertz CT molecular complexity index is 125. The minimum Gasteiger partial charge on any atom is -0.395 e. The second-order valence-corrected chi connectivity index (χ2v) is 1.95. The van der Waals surface area contributed by atoms with Gasteiger partial charge in [0.2, 0.25) is 0 Å². The number of nitrogens with two attached hydrogens (primary N) is 1. The predicted molar refractivity (Wildman–Crippen MR) is 33.2 cm³/mol. The van der Waals surface area contributed by atoms with Gasteiger partial charge in [0.25, 0.3) is 0 Å². The molecule has 0 aromatic heterocycles. The Morgan fingerprint density at radius 1 is 1.50 bits per heavy atom. The summed E-state index contributed by atoms with van der Waals surface area (Å²) in [6.07, 6.45) is -2.29. The lowest BCUT2D eigenvalue weighted by molar-refractivity contribution is -0.0929. The van der Waals surface area contributed by atoms with E-state index in [0.29, 0.717) is 12.8 Å². The summed E-state index contributed by atoms with van der Waals surface area (Å²) in [5.74, 6) is 0. The topological polar surface area (TPSA) is 26.0 Å². The monoisotopic (exact) mass is 153 g/mol. The Hall–Kier alpha value is -0.670. The van der Waals surface area contributed by atoms with E-state index in [1.54, 1.807) is 6.92 Å². The van der Waals surface area contributed by atoms with E-state index in [0.717, 1.165) is 6.08 Å². The van der Waals surface area contributed by atoms with Crippen molar-refractivity contribution < 1.29 is 13.2 Å². The lowest BCUT2D eigenvalue weighted by Crippen LogP contribution is -2.19. The molecule has 0 saturated heterocycles. The number of rotatable bonds is 2. The number of unbranched alkanes of at least 4 members (excludes halogenated alkanes) is 1. The average Bonchev–Trinajstić information content (AvgIpc) is 1.80. The molecule has 0 radical (unpaired) electrons. The Kier molecular flexibility index (Phi) is 3.25. The van der Waals surface area contributed by atoms with Gasteiger partial charge < -0.3 is 5.73 Å². The van der Waals surface area contributed by atoms with Gasteiger partial charge in [-0.15, -0.1) is 0 Å². The zero-order valence-electron chi connectivity index (χ0n) is 5.70. The minimum atomic E-state index is -4.35. The summed E-state index contributed by atoms with van der Waals surface area (Å²) < 4.78 is 34.7. The molecule has 0 aliphatic carbocycles. The Balaban J connectivity index is 3.93. The maximum atomic E-state index is 11.6. The van der Waals surface area contributed by atoms with Gasteiger partial charge >= 0.3 is 6.18 Å². The van der Waals surface area contributed by atoms with Crippen LogP contribution < -0.4 is 5.73 Å². The predicted octanol–water partition coefficient (Wildman–Crippen LogP) is 2.19. The standard InChI is InChI=1S/C6H10F3N/c1-2-3-4-5(10)6(7,8)9/h4H,2-3,10H2,1H3. The van der Waals surface area contributed by atoms with Crippen molar-refractivity contribution in [2.24, 2.45) is 5.73 Å². The highest BCUT2D eigenvalue weighted by atomic mass is 19.4. The molecule has 0 bridgehead atoms. The number of hydrogen-bond donors (Lipinski definition) is 1. The Morgan fingerprint density at radius 2 is 2.00 bits per heavy atom. The van der Waals surface area contributed by atoms with Crippen molar-refractivity contribution in [2.45, 2.75) is 25.9 Å². The molecule has 0 aliphatic rings. The fourth-order valence-corrected chi connectivity index (χ4v) is 0.416. The highest BCUT2D eigenvalue weighted by Crippen LogP contribution is 2.21. The van der Waals surface area contributed by atoms with Gasteiger partial charge in [0.15, 0.2) is 0 Å². The molecule has 4 heteroatoms. The van der Waals surface area contributed by atoms with Gasteiger partial charge in [-0.3, -0.25) is 0 Å². The SMILES string of the molecule is CCCC=C(N)C(F)(F)F. The van der Waals surface area contributed by atoms with Gasteiger partial charge in [-0.1, -0.05) is 19.4 Å². The van der Waals surface area contributed by atoms with Crippen LogP contribution in [0.25, 0.3) is 0 Å². The lowest BCUT2D eigenvalue weighted by atomic mass is 10.3. The van der Waals surface area contributed by atoms with Gasteiger partial charge in [-0.2, -0.15) is 13.2 Å². The van der Waals surface area contributed by atoms with Crippen molar-refractivity contribution in [3.05, 3.63) is 11.8 Å². The normalized spacial score (nSPS) is 13.8. The van der Waals surface area contributed by atoms with Crippen molar-refractivity contribution in [3.8, 4) is 0 Å². The molecule has 0 amide bonds. The first-order valence-corrected chi connectivity index (χ1v) is 3.01. The maximum Gasteiger partial charge on any atom is 0.430 e. The van der Waals surface area contributed by atoms with Crippen LogP contribution in [-0.2, 0) is 0 Å². The Labute approximate surface area is 57.7 Å². The largest absolute Gasteiger partial charge is 0.430 e. The molecule has 0 saturated carbocycles. The Morgan fingerprint density at radius 3 is 2.30 bits per heavy atom. The molecule has 0 aliphatic heterocycles. The summed E-state index contributed by atoms with van der Waals surface area (Å²) in [5, 5.41) is 0. The average molecular weight is 153 g/mol. The molecule has 60 valence electrons. The summed E-state index contributed by atoms with van der Waals surface area (Å²) >= 11 is 0. The van der Waals surface area contributed by atoms with Gasteiger partial charge in [0.1, 0.15) is 5.70 Å². The first-order chi connectivity index (χ1) is 4.48. The van der Waals surface area contributed by atoms with Crippen LogP contribution >= 0.6 is 0 Å². The van der Waals surface area contributed by atoms with Crippen LogP contribution in [0.15, 0.2) is 11.8 Å². The van der Waals surface area contributed by atoms with E-state index in [1.807, 2.05) is 0 Å². The summed E-state index contributed by atoms with van der Waals surface area (Å²) in [7, 11) is 0. The fraction of sp³-hybridized carbons (Fsp3) is 0.667. The van der Waals surface area contributed by atoms with E-state index in [1.165, 1.54) is 0 Å². The lowest BCUT2D eigenvalue weighted by Gasteiger charge is -2.04. The zero-order chi connectivity index (χ0) is 8.20. The van der Waals surface area contributed by atoms with Crippen LogP contribution in [0.1, 0.15) is 19.8 Å². The smallest absolute Gasteiger partial charge is 0.395 e. The maximum absolute atomic E-state index is 11.6. The first-order valence-electron chi connectivity index (χ1n) is 3.01. The third-order valence-corrected chi connectivity index (χ3v) is 0.980. The third kappa shape index (κ3) is 3.37. The van der Waals surface area contributed by atoms with E-state index >= 15 is 0 Å². The molecule has 0 fully saturated rings. The summed E-state index contributed by atoms with van der Waals surface area (Å²) in [4.78, 5) is 0. The second kappa shape index (κ2) is 3.49. The first kappa shape index (κ1) is 9.33. The van der Waals surface area contributed by atoms with Gasteiger partial charge in [0.05, 0.1) is 0 Å². The molecular formula is C6H10F3N. The van der Waals surface area contributed by atoms with E-state index in [-0.39, 0.29) is 0 Å². The number of alkyl halides is 3. The molecule has 0 spiro atoms. The molecule has 10 heavy (non-hydrogen) atoms.